The first-order valence-electron chi connectivity index (χ1n) is 2.36. The number of nitrogens with two attached hydrogens (primary N) is 1. The summed E-state index contributed by atoms with van der Waals surface area (Å²) < 4.78 is 0. The molecule has 48 valence electrons. The van der Waals surface area contributed by atoms with Gasteiger partial charge >= 0.3 is 29.6 Å². The predicted octanol–water partition coefficient (Wildman–Crippen LogP) is -4.04. The summed E-state index contributed by atoms with van der Waals surface area (Å²) in [6.07, 6.45) is 1.44. The molecular weight excluding hydrogens is 143 g/mol. The van der Waals surface area contributed by atoms with Crippen LogP contribution in [0.2, 0.25) is 0 Å². The van der Waals surface area contributed by atoms with Gasteiger partial charge in [-0.2, -0.15) is 0 Å². The molecule has 3 N–H and O–H groups in total. The molecule has 0 fully saturated rings. The standard InChI is InChI=1S/C5H6N2O2.Na/c6-3-1-2-7-4(3)5(8)9;/h1-2,7H,6H2,(H,8,9);/q;+1/p-1. The fraction of sp³-hybridized carbons (Fsp3) is 0. The van der Waals surface area contributed by atoms with Crippen LogP contribution in [-0.2, 0) is 0 Å². The second-order valence-corrected chi connectivity index (χ2v) is 1.60. The van der Waals surface area contributed by atoms with Gasteiger partial charge in [-0.15, -0.1) is 0 Å². The third-order valence-corrected chi connectivity index (χ3v) is 0.983. The summed E-state index contributed by atoms with van der Waals surface area (Å²) in [6, 6.07) is 1.46. The fourth-order valence-electron chi connectivity index (χ4n) is 0.558. The zero-order valence-electron chi connectivity index (χ0n) is 5.55. The van der Waals surface area contributed by atoms with Crippen molar-refractivity contribution in [3.63, 3.8) is 0 Å². The molecule has 5 heteroatoms. The molecule has 0 aromatic carbocycles. The average Bonchev–Trinajstić information content (AvgIpc) is 2.13. The Morgan fingerprint density at radius 2 is 2.30 bits per heavy atom. The number of anilines is 1. The molecule has 0 saturated heterocycles. The first-order valence-corrected chi connectivity index (χ1v) is 2.36. The molecule has 10 heavy (non-hydrogen) atoms. The van der Waals surface area contributed by atoms with Crippen molar-refractivity contribution in [3.8, 4) is 0 Å². The average molecular weight is 148 g/mol. The van der Waals surface area contributed by atoms with Crippen molar-refractivity contribution in [2.24, 2.45) is 0 Å². The number of carbonyl (C=O) groups excluding carboxylic acids is 1. The summed E-state index contributed by atoms with van der Waals surface area (Å²) >= 11 is 0. The monoisotopic (exact) mass is 148 g/mol. The summed E-state index contributed by atoms with van der Waals surface area (Å²) in [5, 5.41) is 10.1. The number of carboxylic acids is 1. The van der Waals surface area contributed by atoms with Crippen LogP contribution >= 0.6 is 0 Å². The largest absolute Gasteiger partial charge is 1.00 e. The third kappa shape index (κ3) is 1.76. The van der Waals surface area contributed by atoms with Gasteiger partial charge in [0.15, 0.2) is 0 Å². The Bertz CT molecular complexity index is 233. The maximum atomic E-state index is 10.1. The number of aromatic nitrogens is 1. The molecule has 0 bridgehead atoms. The molecule has 0 amide bonds. The Morgan fingerprint density at radius 1 is 1.70 bits per heavy atom. The van der Waals surface area contributed by atoms with Gasteiger partial charge < -0.3 is 20.6 Å². The van der Waals surface area contributed by atoms with E-state index in [4.69, 9.17) is 5.73 Å². The number of H-pyrrole nitrogens is 1. The molecule has 1 heterocycles. The molecule has 1 aromatic rings. The molecule has 1 rings (SSSR count). The van der Waals surface area contributed by atoms with Gasteiger partial charge in [-0.1, -0.05) is 0 Å². The molecule has 1 aromatic heterocycles. The van der Waals surface area contributed by atoms with Crippen molar-refractivity contribution >= 4 is 11.7 Å². The van der Waals surface area contributed by atoms with Gasteiger partial charge in [0.2, 0.25) is 0 Å². The maximum Gasteiger partial charge on any atom is 1.00 e. The second kappa shape index (κ2) is 3.65. The molecule has 0 atom stereocenters. The number of aromatic carboxylic acids is 1. The first-order chi connectivity index (χ1) is 4.22. The Hall–Kier alpha value is -0.450. The van der Waals surface area contributed by atoms with Crippen molar-refractivity contribution in [3.05, 3.63) is 18.0 Å². The second-order valence-electron chi connectivity index (χ2n) is 1.60. The van der Waals surface area contributed by atoms with Crippen LogP contribution in [0.25, 0.3) is 0 Å². The topological polar surface area (TPSA) is 81.9 Å². The van der Waals surface area contributed by atoms with E-state index in [0.29, 0.717) is 0 Å². The van der Waals surface area contributed by atoms with E-state index < -0.39 is 5.97 Å². The van der Waals surface area contributed by atoms with E-state index in [9.17, 15) is 9.90 Å². The number of carboxylic acid groups (broad SMARTS) is 1. The zero-order valence-corrected chi connectivity index (χ0v) is 7.55. The van der Waals surface area contributed by atoms with Gasteiger partial charge in [-0.05, 0) is 6.07 Å². The van der Waals surface area contributed by atoms with Crippen molar-refractivity contribution in [2.45, 2.75) is 0 Å². The predicted molar refractivity (Wildman–Crippen MR) is 29.5 cm³/mol. The van der Waals surface area contributed by atoms with Gasteiger partial charge in [-0.25, -0.2) is 0 Å². The normalized spacial score (nSPS) is 8.40. The van der Waals surface area contributed by atoms with Gasteiger partial charge in [0.25, 0.3) is 0 Å². The number of nitrogen functional groups attached to an aromatic ring is 1. The Morgan fingerprint density at radius 3 is 2.50 bits per heavy atom. The maximum absolute atomic E-state index is 10.1. The van der Waals surface area contributed by atoms with Crippen LogP contribution in [0.15, 0.2) is 12.3 Å². The Balaban J connectivity index is 0.000000810. The summed E-state index contributed by atoms with van der Waals surface area (Å²) in [6.45, 7) is 0. The quantitative estimate of drug-likeness (QED) is 0.398. The van der Waals surface area contributed by atoms with E-state index in [1.807, 2.05) is 0 Å². The summed E-state index contributed by atoms with van der Waals surface area (Å²) in [5.41, 5.74) is 5.33. The number of nitrogens with one attached hydrogen (secondary N) is 1. The molecule has 0 radical (unpaired) electrons. The molecule has 4 nitrogen and oxygen atoms in total. The summed E-state index contributed by atoms with van der Waals surface area (Å²) in [7, 11) is 0. The minimum absolute atomic E-state index is 0. The fourth-order valence-corrected chi connectivity index (χ4v) is 0.558. The van der Waals surface area contributed by atoms with E-state index >= 15 is 0 Å². The number of aromatic amines is 1. The molecule has 0 aliphatic rings. The van der Waals surface area contributed by atoms with Crippen LogP contribution in [0.1, 0.15) is 10.5 Å². The van der Waals surface area contributed by atoms with E-state index in [1.165, 1.54) is 12.3 Å². The minimum atomic E-state index is -1.28. The summed E-state index contributed by atoms with van der Waals surface area (Å²) in [5.74, 6) is -1.28. The van der Waals surface area contributed by atoms with E-state index in [-0.39, 0.29) is 40.9 Å². The van der Waals surface area contributed by atoms with Crippen molar-refractivity contribution in [1.29, 1.82) is 0 Å². The van der Waals surface area contributed by atoms with E-state index in [1.54, 1.807) is 0 Å². The van der Waals surface area contributed by atoms with Crippen LogP contribution in [-0.4, -0.2) is 11.0 Å². The van der Waals surface area contributed by atoms with Gasteiger partial charge in [0, 0.05) is 6.20 Å². The van der Waals surface area contributed by atoms with E-state index in [2.05, 4.69) is 4.98 Å². The molecular formula is C5H5N2NaO2. The number of rotatable bonds is 1. The van der Waals surface area contributed by atoms with Crippen molar-refractivity contribution in [2.75, 3.05) is 5.73 Å². The number of hydrogen-bond acceptors (Lipinski definition) is 3. The Kier molecular flexibility index (Phi) is 3.49. The van der Waals surface area contributed by atoms with Crippen LogP contribution in [0.5, 0.6) is 0 Å². The minimum Gasteiger partial charge on any atom is -0.543 e. The van der Waals surface area contributed by atoms with Gasteiger partial charge in [0.1, 0.15) is 0 Å². The van der Waals surface area contributed by atoms with Crippen LogP contribution in [0.3, 0.4) is 0 Å². The number of carbonyl (C=O) groups is 1. The van der Waals surface area contributed by atoms with Crippen LogP contribution < -0.4 is 40.4 Å². The smallest absolute Gasteiger partial charge is 0.543 e. The van der Waals surface area contributed by atoms with Crippen LogP contribution in [0, 0.1) is 0 Å². The first kappa shape index (κ1) is 9.55. The van der Waals surface area contributed by atoms with Crippen molar-refractivity contribution in [1.82, 2.24) is 4.98 Å². The third-order valence-electron chi connectivity index (χ3n) is 0.983. The molecule has 0 aliphatic heterocycles. The summed E-state index contributed by atoms with van der Waals surface area (Å²) in [4.78, 5) is 12.5. The van der Waals surface area contributed by atoms with Crippen molar-refractivity contribution < 1.29 is 39.5 Å². The van der Waals surface area contributed by atoms with Gasteiger partial charge in [-0.3, -0.25) is 0 Å². The van der Waals surface area contributed by atoms with E-state index in [0.717, 1.165) is 0 Å². The number of hydrogen-bond donors (Lipinski definition) is 2. The zero-order chi connectivity index (χ0) is 6.85. The molecule has 0 unspecified atom stereocenters. The molecule has 0 spiro atoms. The van der Waals surface area contributed by atoms with Gasteiger partial charge in [0.05, 0.1) is 17.4 Å². The van der Waals surface area contributed by atoms with Crippen LogP contribution in [0.4, 0.5) is 5.69 Å². The Labute approximate surface area is 79.7 Å². The SMILES string of the molecule is Nc1cc[nH]c1C(=O)[O-].[Na+]. The molecule has 0 aliphatic carbocycles. The molecule has 0 saturated carbocycles.